The van der Waals surface area contributed by atoms with Crippen LogP contribution in [0.4, 0.5) is 0 Å². The summed E-state index contributed by atoms with van der Waals surface area (Å²) in [6.07, 6.45) is 3.26. The van der Waals surface area contributed by atoms with Gasteiger partial charge in [-0.25, -0.2) is 0 Å². The summed E-state index contributed by atoms with van der Waals surface area (Å²) in [5, 5.41) is 6.13. The Kier molecular flexibility index (Phi) is 5.14. The zero-order chi connectivity index (χ0) is 13.8. The lowest BCUT2D eigenvalue weighted by Crippen LogP contribution is -2.55. The first-order valence-electron chi connectivity index (χ1n) is 6.68. The van der Waals surface area contributed by atoms with Gasteiger partial charge in [0.05, 0.1) is 6.04 Å². The number of nitrogens with one attached hydrogen (secondary N) is 2. The van der Waals surface area contributed by atoms with Crippen molar-refractivity contribution >= 4 is 11.8 Å². The fraction of sp³-hybridized carbons (Fsp3) is 0.846. The summed E-state index contributed by atoms with van der Waals surface area (Å²) in [7, 11) is 0. The van der Waals surface area contributed by atoms with Crippen LogP contribution >= 0.6 is 0 Å². The van der Waals surface area contributed by atoms with Crippen LogP contribution in [-0.2, 0) is 9.59 Å². The molecule has 1 aliphatic rings. The molecule has 5 nitrogen and oxygen atoms in total. The van der Waals surface area contributed by atoms with Crippen LogP contribution in [0.25, 0.3) is 0 Å². The fourth-order valence-corrected chi connectivity index (χ4v) is 2.47. The van der Waals surface area contributed by atoms with E-state index in [9.17, 15) is 9.59 Å². The number of primary amides is 1. The van der Waals surface area contributed by atoms with Crippen molar-refractivity contribution in [2.45, 2.75) is 58.0 Å². The Morgan fingerprint density at radius 1 is 1.44 bits per heavy atom. The summed E-state index contributed by atoms with van der Waals surface area (Å²) in [6.45, 7) is 6.67. The number of hydrogen-bond acceptors (Lipinski definition) is 3. The Labute approximate surface area is 109 Å². The predicted octanol–water partition coefficient (Wildman–Crippen LogP) is 0.535. The van der Waals surface area contributed by atoms with Gasteiger partial charge in [-0.3, -0.25) is 9.59 Å². The molecule has 0 radical (unpaired) electrons. The van der Waals surface area contributed by atoms with Gasteiger partial charge in [0.2, 0.25) is 11.8 Å². The second kappa shape index (κ2) is 6.18. The molecule has 18 heavy (non-hydrogen) atoms. The van der Waals surface area contributed by atoms with Crippen LogP contribution < -0.4 is 16.4 Å². The average Bonchev–Trinajstić information content (AvgIpc) is 2.26. The highest BCUT2D eigenvalue weighted by atomic mass is 16.2. The third-order valence-corrected chi connectivity index (χ3v) is 3.48. The van der Waals surface area contributed by atoms with Gasteiger partial charge in [0, 0.05) is 12.0 Å². The van der Waals surface area contributed by atoms with Gasteiger partial charge in [-0.05, 0) is 39.2 Å². The third-order valence-electron chi connectivity index (χ3n) is 3.48. The molecule has 0 saturated carbocycles. The molecule has 0 spiro atoms. The number of nitrogens with two attached hydrogens (primary N) is 1. The lowest BCUT2D eigenvalue weighted by Gasteiger charge is -2.32. The van der Waals surface area contributed by atoms with Crippen LogP contribution in [-0.4, -0.2) is 29.9 Å². The molecule has 2 amide bonds. The van der Waals surface area contributed by atoms with Gasteiger partial charge in [-0.2, -0.15) is 0 Å². The standard InChI is InChI=1S/C13H25N3O2/c1-4-9-5-6-15-10(7-9)12(18)16-13(2,3)8-11(14)17/h9-10,15H,4-8H2,1-3H3,(H2,14,17)(H,16,18). The van der Waals surface area contributed by atoms with E-state index in [1.807, 2.05) is 13.8 Å². The maximum Gasteiger partial charge on any atom is 0.237 e. The zero-order valence-electron chi connectivity index (χ0n) is 11.6. The number of rotatable bonds is 5. The Morgan fingerprint density at radius 3 is 2.67 bits per heavy atom. The first kappa shape index (κ1) is 15.0. The summed E-state index contributed by atoms with van der Waals surface area (Å²) in [4.78, 5) is 23.1. The topological polar surface area (TPSA) is 84.2 Å². The molecule has 1 aliphatic heterocycles. The van der Waals surface area contributed by atoms with Crippen LogP contribution in [0.5, 0.6) is 0 Å². The van der Waals surface area contributed by atoms with Crippen LogP contribution in [0.1, 0.15) is 46.5 Å². The average molecular weight is 255 g/mol. The molecule has 0 aromatic carbocycles. The van der Waals surface area contributed by atoms with Crippen LogP contribution in [0.3, 0.4) is 0 Å². The highest BCUT2D eigenvalue weighted by Gasteiger charge is 2.30. The van der Waals surface area contributed by atoms with E-state index in [2.05, 4.69) is 17.6 Å². The van der Waals surface area contributed by atoms with Crippen molar-refractivity contribution in [3.8, 4) is 0 Å². The minimum absolute atomic E-state index is 0.0283. The number of hydrogen-bond donors (Lipinski definition) is 3. The third kappa shape index (κ3) is 4.64. The number of carbonyl (C=O) groups is 2. The zero-order valence-corrected chi connectivity index (χ0v) is 11.6. The number of carbonyl (C=O) groups excluding carboxylic acids is 2. The highest BCUT2D eigenvalue weighted by Crippen LogP contribution is 2.20. The van der Waals surface area contributed by atoms with Crippen molar-refractivity contribution in [3.63, 3.8) is 0 Å². The molecule has 1 heterocycles. The van der Waals surface area contributed by atoms with E-state index >= 15 is 0 Å². The molecule has 4 N–H and O–H groups in total. The van der Waals surface area contributed by atoms with E-state index in [-0.39, 0.29) is 18.4 Å². The summed E-state index contributed by atoms with van der Waals surface area (Å²) < 4.78 is 0. The van der Waals surface area contributed by atoms with Crippen LogP contribution in [0.15, 0.2) is 0 Å². The minimum Gasteiger partial charge on any atom is -0.370 e. The monoisotopic (exact) mass is 255 g/mol. The van der Waals surface area contributed by atoms with Gasteiger partial charge in [0.25, 0.3) is 0 Å². The smallest absolute Gasteiger partial charge is 0.237 e. The fourth-order valence-electron chi connectivity index (χ4n) is 2.47. The van der Waals surface area contributed by atoms with E-state index < -0.39 is 11.4 Å². The largest absolute Gasteiger partial charge is 0.370 e. The quantitative estimate of drug-likeness (QED) is 0.670. The van der Waals surface area contributed by atoms with Gasteiger partial charge in [-0.1, -0.05) is 13.3 Å². The maximum absolute atomic E-state index is 12.1. The Balaban J connectivity index is 2.51. The van der Waals surface area contributed by atoms with Crippen molar-refractivity contribution in [3.05, 3.63) is 0 Å². The first-order chi connectivity index (χ1) is 8.34. The molecule has 5 heteroatoms. The molecule has 1 rings (SSSR count). The molecule has 0 aromatic rings. The SMILES string of the molecule is CCC1CCNC(C(=O)NC(C)(C)CC(N)=O)C1. The molecule has 2 unspecified atom stereocenters. The predicted molar refractivity (Wildman–Crippen MR) is 70.8 cm³/mol. The van der Waals surface area contributed by atoms with Gasteiger partial charge >= 0.3 is 0 Å². The maximum atomic E-state index is 12.1. The number of piperidine rings is 1. The molecule has 0 aromatic heterocycles. The van der Waals surface area contributed by atoms with E-state index in [0.717, 1.165) is 25.8 Å². The normalized spacial score (nSPS) is 24.6. The highest BCUT2D eigenvalue weighted by molar-refractivity contribution is 5.83. The van der Waals surface area contributed by atoms with E-state index in [1.54, 1.807) is 0 Å². The van der Waals surface area contributed by atoms with Crippen molar-refractivity contribution < 1.29 is 9.59 Å². The van der Waals surface area contributed by atoms with Gasteiger partial charge in [0.1, 0.15) is 0 Å². The molecule has 0 bridgehead atoms. The molecule has 2 atom stereocenters. The summed E-state index contributed by atoms with van der Waals surface area (Å²) in [5.74, 6) is 0.184. The first-order valence-corrected chi connectivity index (χ1v) is 6.68. The summed E-state index contributed by atoms with van der Waals surface area (Å²) >= 11 is 0. The van der Waals surface area contributed by atoms with Crippen molar-refractivity contribution in [2.75, 3.05) is 6.54 Å². The van der Waals surface area contributed by atoms with Crippen molar-refractivity contribution in [2.24, 2.45) is 11.7 Å². The Hall–Kier alpha value is -1.10. The molecular formula is C13H25N3O2. The summed E-state index contributed by atoms with van der Waals surface area (Å²) in [6, 6.07) is -0.143. The second-order valence-electron chi connectivity index (χ2n) is 5.82. The van der Waals surface area contributed by atoms with Gasteiger partial charge < -0.3 is 16.4 Å². The second-order valence-corrected chi connectivity index (χ2v) is 5.82. The van der Waals surface area contributed by atoms with Crippen molar-refractivity contribution in [1.82, 2.24) is 10.6 Å². The van der Waals surface area contributed by atoms with E-state index in [1.165, 1.54) is 0 Å². The van der Waals surface area contributed by atoms with Crippen LogP contribution in [0.2, 0.25) is 0 Å². The lowest BCUT2D eigenvalue weighted by atomic mass is 9.89. The van der Waals surface area contributed by atoms with Gasteiger partial charge in [-0.15, -0.1) is 0 Å². The lowest BCUT2D eigenvalue weighted by molar-refractivity contribution is -0.126. The van der Waals surface area contributed by atoms with Crippen molar-refractivity contribution in [1.29, 1.82) is 0 Å². The van der Waals surface area contributed by atoms with E-state index in [4.69, 9.17) is 5.73 Å². The van der Waals surface area contributed by atoms with Gasteiger partial charge in [0.15, 0.2) is 0 Å². The minimum atomic E-state index is -0.580. The molecule has 1 fully saturated rings. The Bertz CT molecular complexity index is 315. The molecular weight excluding hydrogens is 230 g/mol. The van der Waals surface area contributed by atoms with Crippen LogP contribution in [0, 0.1) is 5.92 Å². The summed E-state index contributed by atoms with van der Waals surface area (Å²) in [5.41, 5.74) is 4.59. The number of amides is 2. The molecule has 1 saturated heterocycles. The molecule has 0 aliphatic carbocycles. The Morgan fingerprint density at radius 2 is 2.11 bits per heavy atom. The molecule has 104 valence electrons. The van der Waals surface area contributed by atoms with E-state index in [0.29, 0.717) is 5.92 Å².